The van der Waals surface area contributed by atoms with Crippen molar-refractivity contribution in [3.05, 3.63) is 53.1 Å². The van der Waals surface area contributed by atoms with Crippen LogP contribution in [0.15, 0.2) is 47.6 Å². The Morgan fingerprint density at radius 3 is 2.67 bits per heavy atom. The molecule has 2 N–H and O–H groups in total. The van der Waals surface area contributed by atoms with Crippen LogP contribution in [0.25, 0.3) is 0 Å². The van der Waals surface area contributed by atoms with Crippen LogP contribution in [0.1, 0.15) is 5.56 Å². The molecular weight excluding hydrogens is 394 g/mol. The molecule has 0 fully saturated rings. The zero-order valence-electron chi connectivity index (χ0n) is 14.6. The standard InChI is InChI=1S/C17H18ClN3O5S/c1-26-15-8-3-5-12(17(15)23)10-19-20-16(22)11-21(27(2,24)25)14-7-4-6-13(18)9-14/h3-10,23H,11H2,1-2H3,(H,20,22)/b19-10-. The van der Waals surface area contributed by atoms with Gasteiger partial charge in [0.15, 0.2) is 11.5 Å². The summed E-state index contributed by atoms with van der Waals surface area (Å²) in [5.41, 5.74) is 2.80. The maximum absolute atomic E-state index is 12.1. The number of hydrogen-bond acceptors (Lipinski definition) is 6. The Labute approximate surface area is 162 Å². The lowest BCUT2D eigenvalue weighted by molar-refractivity contribution is -0.119. The van der Waals surface area contributed by atoms with Gasteiger partial charge in [-0.15, -0.1) is 0 Å². The molecule has 0 aliphatic carbocycles. The predicted molar refractivity (Wildman–Crippen MR) is 104 cm³/mol. The smallest absolute Gasteiger partial charge is 0.260 e. The lowest BCUT2D eigenvalue weighted by Gasteiger charge is -2.21. The van der Waals surface area contributed by atoms with Gasteiger partial charge in [0.05, 0.1) is 25.3 Å². The van der Waals surface area contributed by atoms with Gasteiger partial charge in [0.25, 0.3) is 5.91 Å². The Kier molecular flexibility index (Phi) is 6.65. The molecule has 2 aromatic rings. The molecule has 27 heavy (non-hydrogen) atoms. The zero-order valence-corrected chi connectivity index (χ0v) is 16.2. The molecule has 0 bridgehead atoms. The number of phenolic OH excluding ortho intramolecular Hbond substituents is 1. The molecule has 0 heterocycles. The van der Waals surface area contributed by atoms with Crippen molar-refractivity contribution in [1.82, 2.24) is 5.43 Å². The van der Waals surface area contributed by atoms with E-state index < -0.39 is 22.5 Å². The molecule has 0 radical (unpaired) electrons. The first kappa shape index (κ1) is 20.5. The minimum Gasteiger partial charge on any atom is -0.504 e. The molecule has 2 aromatic carbocycles. The summed E-state index contributed by atoms with van der Waals surface area (Å²) >= 11 is 5.89. The average Bonchev–Trinajstić information content (AvgIpc) is 2.60. The fourth-order valence-electron chi connectivity index (χ4n) is 2.18. The largest absolute Gasteiger partial charge is 0.504 e. The summed E-state index contributed by atoms with van der Waals surface area (Å²) in [6.45, 7) is -0.486. The number of methoxy groups -OCH3 is 1. The van der Waals surface area contributed by atoms with Crippen molar-refractivity contribution < 1.29 is 23.1 Å². The monoisotopic (exact) mass is 411 g/mol. The van der Waals surface area contributed by atoms with Crippen LogP contribution in [-0.2, 0) is 14.8 Å². The van der Waals surface area contributed by atoms with E-state index in [0.717, 1.165) is 10.6 Å². The zero-order chi connectivity index (χ0) is 20.0. The molecule has 0 aromatic heterocycles. The molecule has 10 heteroatoms. The number of amides is 1. The van der Waals surface area contributed by atoms with Gasteiger partial charge < -0.3 is 9.84 Å². The van der Waals surface area contributed by atoms with E-state index >= 15 is 0 Å². The summed E-state index contributed by atoms with van der Waals surface area (Å²) in [7, 11) is -2.31. The summed E-state index contributed by atoms with van der Waals surface area (Å²) < 4.78 is 29.9. The number of ether oxygens (including phenoxy) is 1. The molecular formula is C17H18ClN3O5S. The van der Waals surface area contributed by atoms with Crippen LogP contribution in [0.3, 0.4) is 0 Å². The van der Waals surface area contributed by atoms with E-state index in [9.17, 15) is 18.3 Å². The first-order valence-corrected chi connectivity index (χ1v) is 9.86. The third-order valence-corrected chi connectivity index (χ3v) is 4.80. The third kappa shape index (κ3) is 5.60. The SMILES string of the molecule is COc1cccc(/C=N\NC(=O)CN(c2cccc(Cl)c2)S(C)(=O)=O)c1O. The van der Waals surface area contributed by atoms with Crippen molar-refractivity contribution in [2.75, 3.05) is 24.2 Å². The normalized spacial score (nSPS) is 11.4. The molecule has 1 amide bonds. The molecule has 0 spiro atoms. The van der Waals surface area contributed by atoms with Gasteiger partial charge in [-0.3, -0.25) is 9.10 Å². The number of carbonyl (C=O) groups is 1. The lowest BCUT2D eigenvalue weighted by Crippen LogP contribution is -2.39. The molecule has 2 rings (SSSR count). The summed E-state index contributed by atoms with van der Waals surface area (Å²) in [4.78, 5) is 12.1. The summed E-state index contributed by atoms with van der Waals surface area (Å²) in [5.74, 6) is -0.539. The van der Waals surface area contributed by atoms with Gasteiger partial charge in [0.1, 0.15) is 6.54 Å². The van der Waals surface area contributed by atoms with Crippen LogP contribution in [0, 0.1) is 0 Å². The number of nitrogens with zero attached hydrogens (tertiary/aromatic N) is 2. The van der Waals surface area contributed by atoms with Crippen LogP contribution in [0.2, 0.25) is 5.02 Å². The van der Waals surface area contributed by atoms with E-state index in [1.165, 1.54) is 25.5 Å². The molecule has 0 unspecified atom stereocenters. The number of carbonyl (C=O) groups excluding carboxylic acids is 1. The van der Waals surface area contributed by atoms with E-state index in [0.29, 0.717) is 10.6 Å². The van der Waals surface area contributed by atoms with E-state index in [-0.39, 0.29) is 17.2 Å². The number of phenols is 1. The maximum Gasteiger partial charge on any atom is 0.260 e. The number of anilines is 1. The Balaban J connectivity index is 2.11. The van der Waals surface area contributed by atoms with Gasteiger partial charge in [-0.05, 0) is 30.3 Å². The van der Waals surface area contributed by atoms with Crippen LogP contribution >= 0.6 is 11.6 Å². The Hall–Kier alpha value is -2.78. The Morgan fingerprint density at radius 1 is 1.33 bits per heavy atom. The number of sulfonamides is 1. The van der Waals surface area contributed by atoms with Crippen molar-refractivity contribution in [1.29, 1.82) is 0 Å². The van der Waals surface area contributed by atoms with Crippen molar-refractivity contribution in [3.63, 3.8) is 0 Å². The number of benzene rings is 2. The number of para-hydroxylation sites is 1. The quantitative estimate of drug-likeness (QED) is 0.535. The first-order chi connectivity index (χ1) is 12.7. The highest BCUT2D eigenvalue weighted by Gasteiger charge is 2.20. The number of aromatic hydroxyl groups is 1. The van der Waals surface area contributed by atoms with E-state index in [1.807, 2.05) is 0 Å². The van der Waals surface area contributed by atoms with Gasteiger partial charge >= 0.3 is 0 Å². The number of rotatable bonds is 7. The Morgan fingerprint density at radius 2 is 2.04 bits per heavy atom. The lowest BCUT2D eigenvalue weighted by atomic mass is 10.2. The molecule has 0 atom stereocenters. The Bertz CT molecular complexity index is 963. The fraction of sp³-hybridized carbons (Fsp3) is 0.176. The van der Waals surface area contributed by atoms with E-state index in [1.54, 1.807) is 30.3 Å². The van der Waals surface area contributed by atoms with Gasteiger partial charge in [-0.2, -0.15) is 5.10 Å². The highest BCUT2D eigenvalue weighted by molar-refractivity contribution is 7.92. The third-order valence-electron chi connectivity index (χ3n) is 3.43. The molecule has 8 nitrogen and oxygen atoms in total. The number of nitrogens with one attached hydrogen (secondary N) is 1. The van der Waals surface area contributed by atoms with Crippen molar-refractivity contribution in [2.45, 2.75) is 0 Å². The minimum absolute atomic E-state index is 0.130. The molecule has 0 aliphatic heterocycles. The number of hydrazone groups is 1. The molecule has 0 saturated carbocycles. The van der Waals surface area contributed by atoms with Gasteiger partial charge in [-0.25, -0.2) is 13.8 Å². The number of halogens is 1. The second-order valence-electron chi connectivity index (χ2n) is 5.44. The number of hydrogen-bond donors (Lipinski definition) is 2. The highest BCUT2D eigenvalue weighted by Crippen LogP contribution is 2.28. The summed E-state index contributed by atoms with van der Waals surface area (Å²) in [6, 6.07) is 10.9. The second-order valence-corrected chi connectivity index (χ2v) is 7.78. The minimum atomic E-state index is -3.72. The second kappa shape index (κ2) is 8.74. The van der Waals surface area contributed by atoms with Gasteiger partial charge in [-0.1, -0.05) is 23.7 Å². The highest BCUT2D eigenvalue weighted by atomic mass is 35.5. The molecule has 144 valence electrons. The predicted octanol–water partition coefficient (Wildman–Crippen LogP) is 1.97. The fourth-order valence-corrected chi connectivity index (χ4v) is 3.21. The van der Waals surface area contributed by atoms with Crippen LogP contribution in [-0.4, -0.2) is 45.6 Å². The van der Waals surface area contributed by atoms with Crippen molar-refractivity contribution in [2.24, 2.45) is 5.10 Å². The van der Waals surface area contributed by atoms with Crippen LogP contribution in [0.5, 0.6) is 11.5 Å². The van der Waals surface area contributed by atoms with Crippen LogP contribution < -0.4 is 14.5 Å². The summed E-state index contributed by atoms with van der Waals surface area (Å²) in [5, 5.41) is 14.0. The van der Waals surface area contributed by atoms with Gasteiger partial charge in [0.2, 0.25) is 10.0 Å². The van der Waals surface area contributed by atoms with Gasteiger partial charge in [0, 0.05) is 10.6 Å². The van der Waals surface area contributed by atoms with E-state index in [2.05, 4.69) is 10.5 Å². The van der Waals surface area contributed by atoms with Crippen LogP contribution in [0.4, 0.5) is 5.69 Å². The van der Waals surface area contributed by atoms with Crippen molar-refractivity contribution >= 4 is 39.4 Å². The topological polar surface area (TPSA) is 108 Å². The average molecular weight is 412 g/mol. The first-order valence-electron chi connectivity index (χ1n) is 7.63. The maximum atomic E-state index is 12.1. The summed E-state index contributed by atoms with van der Waals surface area (Å²) in [6.07, 6.45) is 2.21. The van der Waals surface area contributed by atoms with E-state index in [4.69, 9.17) is 16.3 Å². The molecule has 0 aliphatic rings. The molecule has 0 saturated heterocycles. The van der Waals surface area contributed by atoms with Crippen molar-refractivity contribution in [3.8, 4) is 11.5 Å².